The first-order chi connectivity index (χ1) is 8.03. The molecule has 3 nitrogen and oxygen atoms in total. The molecule has 1 atom stereocenters. The second-order valence-electron chi connectivity index (χ2n) is 5.90. The Bertz CT molecular complexity index is 251. The lowest BCUT2D eigenvalue weighted by atomic mass is 9.81. The molecule has 17 heavy (non-hydrogen) atoms. The van der Waals surface area contributed by atoms with E-state index in [0.717, 1.165) is 25.8 Å². The third-order valence-corrected chi connectivity index (χ3v) is 4.05. The van der Waals surface area contributed by atoms with Gasteiger partial charge in [0.1, 0.15) is 0 Å². The summed E-state index contributed by atoms with van der Waals surface area (Å²) in [6.45, 7) is 8.77. The average Bonchev–Trinajstić information content (AvgIpc) is 2.63. The molecule has 0 saturated heterocycles. The minimum atomic E-state index is 0.177. The highest BCUT2D eigenvalue weighted by Crippen LogP contribution is 2.43. The lowest BCUT2D eigenvalue weighted by molar-refractivity contribution is -0.138. The molecule has 0 heterocycles. The molecule has 1 aliphatic rings. The van der Waals surface area contributed by atoms with Crippen LogP contribution in [0.3, 0.4) is 0 Å². The van der Waals surface area contributed by atoms with E-state index in [-0.39, 0.29) is 11.3 Å². The van der Waals surface area contributed by atoms with Gasteiger partial charge in [0.2, 0.25) is 5.91 Å². The highest BCUT2D eigenvalue weighted by atomic mass is 16.2. The van der Waals surface area contributed by atoms with E-state index < -0.39 is 0 Å². The molecule has 0 bridgehead atoms. The Kier molecular flexibility index (Phi) is 5.44. The van der Waals surface area contributed by atoms with E-state index in [9.17, 15) is 4.79 Å². The fraction of sp³-hybridized carbons (Fsp3) is 0.929. The fourth-order valence-corrected chi connectivity index (χ4v) is 2.84. The highest BCUT2D eigenvalue weighted by molar-refractivity contribution is 5.80. The molecular formula is C14H28N2O. The van der Waals surface area contributed by atoms with Gasteiger partial charge in [-0.2, -0.15) is 0 Å². The smallest absolute Gasteiger partial charge is 0.226 e. The Morgan fingerprint density at radius 3 is 2.59 bits per heavy atom. The van der Waals surface area contributed by atoms with Crippen LogP contribution in [0, 0.1) is 11.3 Å². The number of unbranched alkanes of at least 4 members (excludes halogenated alkanes) is 1. The molecule has 1 fully saturated rings. The average molecular weight is 240 g/mol. The lowest BCUT2D eigenvalue weighted by Crippen LogP contribution is -2.42. The van der Waals surface area contributed by atoms with Crippen molar-refractivity contribution in [3.05, 3.63) is 0 Å². The molecule has 1 saturated carbocycles. The van der Waals surface area contributed by atoms with Crippen molar-refractivity contribution in [2.75, 3.05) is 19.6 Å². The van der Waals surface area contributed by atoms with E-state index in [2.05, 4.69) is 20.8 Å². The number of carbonyl (C=O) groups excluding carboxylic acids is 1. The van der Waals surface area contributed by atoms with Gasteiger partial charge in [-0.3, -0.25) is 4.79 Å². The van der Waals surface area contributed by atoms with Crippen LogP contribution in [0.5, 0.6) is 0 Å². The summed E-state index contributed by atoms with van der Waals surface area (Å²) in [6, 6.07) is 0. The van der Waals surface area contributed by atoms with Crippen LogP contribution in [0.1, 0.15) is 52.9 Å². The maximum absolute atomic E-state index is 12.5. The van der Waals surface area contributed by atoms with Gasteiger partial charge in [-0.25, -0.2) is 0 Å². The van der Waals surface area contributed by atoms with Gasteiger partial charge in [0.05, 0.1) is 0 Å². The van der Waals surface area contributed by atoms with E-state index in [0.29, 0.717) is 19.0 Å². The van der Waals surface area contributed by atoms with Gasteiger partial charge in [-0.1, -0.05) is 33.6 Å². The van der Waals surface area contributed by atoms with Crippen LogP contribution in [-0.2, 0) is 4.79 Å². The zero-order valence-electron chi connectivity index (χ0n) is 11.7. The van der Waals surface area contributed by atoms with Gasteiger partial charge in [0.25, 0.3) is 0 Å². The van der Waals surface area contributed by atoms with Gasteiger partial charge in [0, 0.05) is 25.6 Å². The fourth-order valence-electron chi connectivity index (χ4n) is 2.84. The Balaban J connectivity index is 2.63. The van der Waals surface area contributed by atoms with Crippen LogP contribution in [-0.4, -0.2) is 30.4 Å². The van der Waals surface area contributed by atoms with Crippen LogP contribution in [0.4, 0.5) is 0 Å². The molecule has 1 unspecified atom stereocenters. The molecule has 0 spiro atoms. The zero-order valence-corrected chi connectivity index (χ0v) is 11.7. The van der Waals surface area contributed by atoms with Crippen molar-refractivity contribution in [3.8, 4) is 0 Å². The van der Waals surface area contributed by atoms with E-state index in [1.807, 2.05) is 4.90 Å². The number of amides is 1. The molecule has 0 aromatic carbocycles. The van der Waals surface area contributed by atoms with Crippen LogP contribution in [0.2, 0.25) is 0 Å². The molecule has 1 rings (SSSR count). The van der Waals surface area contributed by atoms with Gasteiger partial charge < -0.3 is 10.6 Å². The first-order valence-corrected chi connectivity index (χ1v) is 7.01. The monoisotopic (exact) mass is 240 g/mol. The topological polar surface area (TPSA) is 46.3 Å². The van der Waals surface area contributed by atoms with Crippen LogP contribution < -0.4 is 5.73 Å². The molecular weight excluding hydrogens is 212 g/mol. The summed E-state index contributed by atoms with van der Waals surface area (Å²) in [6.07, 6.45) is 5.63. The third kappa shape index (κ3) is 3.70. The molecule has 1 amide bonds. The minimum Gasteiger partial charge on any atom is -0.341 e. The van der Waals surface area contributed by atoms with Crippen LogP contribution >= 0.6 is 0 Å². The summed E-state index contributed by atoms with van der Waals surface area (Å²) in [4.78, 5) is 14.5. The van der Waals surface area contributed by atoms with Crippen molar-refractivity contribution in [1.82, 2.24) is 4.90 Å². The van der Waals surface area contributed by atoms with Gasteiger partial charge in [0.15, 0.2) is 0 Å². The molecule has 100 valence electrons. The second kappa shape index (κ2) is 6.39. The summed E-state index contributed by atoms with van der Waals surface area (Å²) in [7, 11) is 0. The number of hydrogen-bond donors (Lipinski definition) is 1. The van der Waals surface area contributed by atoms with Crippen molar-refractivity contribution < 1.29 is 4.79 Å². The van der Waals surface area contributed by atoms with Crippen LogP contribution in [0.15, 0.2) is 0 Å². The van der Waals surface area contributed by atoms with Gasteiger partial charge in [-0.15, -0.1) is 0 Å². The predicted molar refractivity (Wildman–Crippen MR) is 71.7 cm³/mol. The van der Waals surface area contributed by atoms with E-state index >= 15 is 0 Å². The molecule has 0 aromatic heterocycles. The molecule has 0 radical (unpaired) electrons. The molecule has 0 aromatic rings. The zero-order chi connectivity index (χ0) is 12.9. The predicted octanol–water partition coefficient (Wildman–Crippen LogP) is 2.40. The van der Waals surface area contributed by atoms with Crippen molar-refractivity contribution >= 4 is 5.91 Å². The first-order valence-electron chi connectivity index (χ1n) is 7.01. The Morgan fingerprint density at radius 1 is 1.41 bits per heavy atom. The third-order valence-electron chi connectivity index (χ3n) is 4.05. The Labute approximate surface area is 106 Å². The number of nitrogens with two attached hydrogens (primary N) is 1. The van der Waals surface area contributed by atoms with E-state index in [4.69, 9.17) is 5.73 Å². The number of hydrogen-bond acceptors (Lipinski definition) is 2. The van der Waals surface area contributed by atoms with Gasteiger partial charge >= 0.3 is 0 Å². The summed E-state index contributed by atoms with van der Waals surface area (Å²) >= 11 is 0. The van der Waals surface area contributed by atoms with Gasteiger partial charge in [-0.05, 0) is 24.7 Å². The highest BCUT2D eigenvalue weighted by Gasteiger charge is 2.40. The molecule has 1 aliphatic carbocycles. The normalized spacial score (nSPS) is 22.7. The Hall–Kier alpha value is -0.570. The van der Waals surface area contributed by atoms with Crippen LogP contribution in [0.25, 0.3) is 0 Å². The van der Waals surface area contributed by atoms with E-state index in [1.54, 1.807) is 0 Å². The first kappa shape index (κ1) is 14.5. The summed E-state index contributed by atoms with van der Waals surface area (Å²) in [5.74, 6) is 0.553. The van der Waals surface area contributed by atoms with Crippen molar-refractivity contribution in [2.45, 2.75) is 52.9 Å². The van der Waals surface area contributed by atoms with Crippen molar-refractivity contribution in [3.63, 3.8) is 0 Å². The number of nitrogens with zero attached hydrogens (tertiary/aromatic N) is 1. The van der Waals surface area contributed by atoms with E-state index in [1.165, 1.54) is 12.8 Å². The molecule has 2 N–H and O–H groups in total. The lowest BCUT2D eigenvalue weighted by Gasteiger charge is -2.32. The largest absolute Gasteiger partial charge is 0.341 e. The van der Waals surface area contributed by atoms with Crippen molar-refractivity contribution in [1.29, 1.82) is 0 Å². The second-order valence-corrected chi connectivity index (χ2v) is 5.90. The molecule has 3 heteroatoms. The molecule has 0 aliphatic heterocycles. The standard InChI is InChI=1S/C14H28N2O/c1-4-5-10-16(11-9-15)13(17)12-7-6-8-14(12,2)3/h12H,4-11,15H2,1-3H3. The summed E-state index contributed by atoms with van der Waals surface area (Å²) in [5.41, 5.74) is 5.79. The maximum Gasteiger partial charge on any atom is 0.226 e. The maximum atomic E-state index is 12.5. The summed E-state index contributed by atoms with van der Waals surface area (Å²) < 4.78 is 0. The van der Waals surface area contributed by atoms with Crippen molar-refractivity contribution in [2.24, 2.45) is 17.1 Å². The minimum absolute atomic E-state index is 0.177. The Morgan fingerprint density at radius 2 is 2.12 bits per heavy atom. The number of carbonyl (C=O) groups is 1. The number of rotatable bonds is 6. The quantitative estimate of drug-likeness (QED) is 0.775. The summed E-state index contributed by atoms with van der Waals surface area (Å²) in [5, 5.41) is 0. The SMILES string of the molecule is CCCCN(CCN)C(=O)C1CCCC1(C)C.